The van der Waals surface area contributed by atoms with Gasteiger partial charge in [-0.25, -0.2) is 0 Å². The molecule has 1 amide bonds. The summed E-state index contributed by atoms with van der Waals surface area (Å²) in [4.78, 5) is 11.5. The van der Waals surface area contributed by atoms with Gasteiger partial charge in [0.1, 0.15) is 0 Å². The fraction of sp³-hybridized carbons (Fsp3) is 0.417. The van der Waals surface area contributed by atoms with Crippen LogP contribution in [0.1, 0.15) is 31.7 Å². The number of anilines is 1. The van der Waals surface area contributed by atoms with Crippen LogP contribution in [-0.4, -0.2) is 5.91 Å². The average molecular weight is 206 g/mol. The van der Waals surface area contributed by atoms with Crippen molar-refractivity contribution in [3.63, 3.8) is 0 Å². The zero-order chi connectivity index (χ0) is 11.1. The van der Waals surface area contributed by atoms with Crippen LogP contribution in [0.25, 0.3) is 0 Å². The van der Waals surface area contributed by atoms with Gasteiger partial charge >= 0.3 is 0 Å². The lowest BCUT2D eigenvalue weighted by atomic mass is 10.1. The lowest BCUT2D eigenvalue weighted by Crippen LogP contribution is -2.13. The van der Waals surface area contributed by atoms with E-state index in [1.54, 1.807) is 0 Å². The summed E-state index contributed by atoms with van der Waals surface area (Å²) in [6.45, 7) is 2.52. The summed E-state index contributed by atoms with van der Waals surface area (Å²) in [5, 5.41) is 2.88. The lowest BCUT2D eigenvalue weighted by Gasteiger charge is -2.08. The summed E-state index contributed by atoms with van der Waals surface area (Å²) >= 11 is 0. The van der Waals surface area contributed by atoms with E-state index in [-0.39, 0.29) is 5.91 Å². The molecular weight excluding hydrogens is 188 g/mol. The molecular formula is C12H18N2O. The second kappa shape index (κ2) is 6.19. The van der Waals surface area contributed by atoms with Crippen LogP contribution in [0.3, 0.4) is 0 Å². The molecule has 82 valence electrons. The number of carbonyl (C=O) groups is 1. The highest BCUT2D eigenvalue weighted by Crippen LogP contribution is 2.14. The van der Waals surface area contributed by atoms with E-state index in [0.29, 0.717) is 13.0 Å². The Labute approximate surface area is 90.7 Å². The number of hydrogen-bond donors (Lipinski definition) is 2. The van der Waals surface area contributed by atoms with Gasteiger partial charge in [0.2, 0.25) is 5.91 Å². The van der Waals surface area contributed by atoms with E-state index in [1.807, 2.05) is 24.3 Å². The minimum absolute atomic E-state index is 0.0674. The van der Waals surface area contributed by atoms with Crippen molar-refractivity contribution in [3.05, 3.63) is 29.8 Å². The molecule has 0 aliphatic rings. The van der Waals surface area contributed by atoms with Crippen LogP contribution in [0.4, 0.5) is 5.69 Å². The zero-order valence-corrected chi connectivity index (χ0v) is 9.12. The molecule has 0 fully saturated rings. The second-order valence-corrected chi connectivity index (χ2v) is 3.51. The molecule has 3 heteroatoms. The Morgan fingerprint density at radius 3 is 2.80 bits per heavy atom. The number of para-hydroxylation sites is 1. The number of amides is 1. The predicted octanol–water partition coefficient (Wildman–Crippen LogP) is 2.27. The summed E-state index contributed by atoms with van der Waals surface area (Å²) in [7, 11) is 0. The summed E-state index contributed by atoms with van der Waals surface area (Å²) in [5.41, 5.74) is 7.38. The Kier molecular flexibility index (Phi) is 4.84. The van der Waals surface area contributed by atoms with Crippen molar-refractivity contribution in [1.29, 1.82) is 0 Å². The van der Waals surface area contributed by atoms with Crippen molar-refractivity contribution >= 4 is 11.6 Å². The van der Waals surface area contributed by atoms with Crippen molar-refractivity contribution in [2.75, 3.05) is 5.32 Å². The third-order valence-electron chi connectivity index (χ3n) is 2.27. The Morgan fingerprint density at radius 2 is 2.13 bits per heavy atom. The molecule has 15 heavy (non-hydrogen) atoms. The molecule has 0 aliphatic heterocycles. The number of nitrogens with two attached hydrogens (primary N) is 1. The molecule has 1 rings (SSSR count). The Balaban J connectivity index is 2.59. The van der Waals surface area contributed by atoms with E-state index < -0.39 is 0 Å². The summed E-state index contributed by atoms with van der Waals surface area (Å²) in [6.07, 6.45) is 2.54. The first kappa shape index (κ1) is 11.7. The Hall–Kier alpha value is -1.35. The minimum atomic E-state index is 0.0674. The summed E-state index contributed by atoms with van der Waals surface area (Å²) < 4.78 is 0. The van der Waals surface area contributed by atoms with E-state index in [1.165, 1.54) is 0 Å². The highest BCUT2D eigenvalue weighted by molar-refractivity contribution is 5.91. The maximum Gasteiger partial charge on any atom is 0.224 e. The van der Waals surface area contributed by atoms with Crippen LogP contribution in [0.5, 0.6) is 0 Å². The SMILES string of the molecule is CCCCC(=O)Nc1ccccc1CN. The van der Waals surface area contributed by atoms with Gasteiger partial charge in [-0.1, -0.05) is 31.5 Å². The lowest BCUT2D eigenvalue weighted by molar-refractivity contribution is -0.116. The first-order chi connectivity index (χ1) is 7.27. The molecule has 0 heterocycles. The first-order valence-corrected chi connectivity index (χ1v) is 5.35. The maximum absolute atomic E-state index is 11.5. The predicted molar refractivity (Wildman–Crippen MR) is 62.5 cm³/mol. The van der Waals surface area contributed by atoms with E-state index in [9.17, 15) is 4.79 Å². The van der Waals surface area contributed by atoms with Gasteiger partial charge in [0.25, 0.3) is 0 Å². The molecule has 0 aliphatic carbocycles. The average Bonchev–Trinajstić information content (AvgIpc) is 2.27. The summed E-state index contributed by atoms with van der Waals surface area (Å²) in [5.74, 6) is 0.0674. The highest BCUT2D eigenvalue weighted by Gasteiger charge is 2.04. The topological polar surface area (TPSA) is 55.1 Å². The van der Waals surface area contributed by atoms with Gasteiger partial charge in [0.05, 0.1) is 0 Å². The molecule has 3 N–H and O–H groups in total. The van der Waals surface area contributed by atoms with Crippen molar-refractivity contribution in [2.45, 2.75) is 32.7 Å². The van der Waals surface area contributed by atoms with Crippen LogP contribution in [0.2, 0.25) is 0 Å². The Morgan fingerprint density at radius 1 is 1.40 bits per heavy atom. The first-order valence-electron chi connectivity index (χ1n) is 5.35. The van der Waals surface area contributed by atoms with Crippen molar-refractivity contribution < 1.29 is 4.79 Å². The molecule has 1 aromatic carbocycles. The fourth-order valence-corrected chi connectivity index (χ4v) is 1.37. The van der Waals surface area contributed by atoms with E-state index in [0.717, 1.165) is 24.1 Å². The van der Waals surface area contributed by atoms with Gasteiger partial charge in [0, 0.05) is 18.7 Å². The molecule has 0 saturated carbocycles. The number of carbonyl (C=O) groups excluding carboxylic acids is 1. The molecule has 0 aromatic heterocycles. The fourth-order valence-electron chi connectivity index (χ4n) is 1.37. The normalized spacial score (nSPS) is 10.0. The number of benzene rings is 1. The monoisotopic (exact) mass is 206 g/mol. The quantitative estimate of drug-likeness (QED) is 0.776. The number of hydrogen-bond acceptors (Lipinski definition) is 2. The molecule has 0 atom stereocenters. The van der Waals surface area contributed by atoms with E-state index >= 15 is 0 Å². The van der Waals surface area contributed by atoms with E-state index in [4.69, 9.17) is 5.73 Å². The largest absolute Gasteiger partial charge is 0.326 e. The maximum atomic E-state index is 11.5. The van der Waals surface area contributed by atoms with Crippen LogP contribution in [-0.2, 0) is 11.3 Å². The molecule has 0 saturated heterocycles. The third kappa shape index (κ3) is 3.72. The van der Waals surface area contributed by atoms with Gasteiger partial charge in [-0.2, -0.15) is 0 Å². The van der Waals surface area contributed by atoms with Crippen molar-refractivity contribution in [2.24, 2.45) is 5.73 Å². The molecule has 0 spiro atoms. The van der Waals surface area contributed by atoms with Crippen molar-refractivity contribution in [3.8, 4) is 0 Å². The van der Waals surface area contributed by atoms with Crippen molar-refractivity contribution in [1.82, 2.24) is 0 Å². The highest BCUT2D eigenvalue weighted by atomic mass is 16.1. The summed E-state index contributed by atoms with van der Waals surface area (Å²) in [6, 6.07) is 7.62. The van der Waals surface area contributed by atoms with Crippen LogP contribution in [0.15, 0.2) is 24.3 Å². The third-order valence-corrected chi connectivity index (χ3v) is 2.27. The number of unbranched alkanes of at least 4 members (excludes halogenated alkanes) is 1. The minimum Gasteiger partial charge on any atom is -0.326 e. The number of nitrogens with one attached hydrogen (secondary N) is 1. The molecule has 0 unspecified atom stereocenters. The van der Waals surface area contributed by atoms with Crippen LogP contribution >= 0.6 is 0 Å². The standard InChI is InChI=1S/C12H18N2O/c1-2-3-8-12(15)14-11-7-5-4-6-10(11)9-13/h4-7H,2-3,8-9,13H2,1H3,(H,14,15). The van der Waals surface area contributed by atoms with E-state index in [2.05, 4.69) is 12.2 Å². The smallest absolute Gasteiger partial charge is 0.224 e. The molecule has 1 aromatic rings. The molecule has 0 radical (unpaired) electrons. The van der Waals surface area contributed by atoms with Gasteiger partial charge < -0.3 is 11.1 Å². The van der Waals surface area contributed by atoms with Crippen LogP contribution < -0.4 is 11.1 Å². The second-order valence-electron chi connectivity index (χ2n) is 3.51. The zero-order valence-electron chi connectivity index (χ0n) is 9.12. The molecule has 3 nitrogen and oxygen atoms in total. The van der Waals surface area contributed by atoms with Gasteiger partial charge in [-0.05, 0) is 18.1 Å². The van der Waals surface area contributed by atoms with Gasteiger partial charge in [-0.15, -0.1) is 0 Å². The van der Waals surface area contributed by atoms with Crippen LogP contribution in [0, 0.1) is 0 Å². The Bertz CT molecular complexity index is 323. The van der Waals surface area contributed by atoms with Gasteiger partial charge in [0.15, 0.2) is 0 Å². The molecule has 0 bridgehead atoms. The number of rotatable bonds is 5. The van der Waals surface area contributed by atoms with Gasteiger partial charge in [-0.3, -0.25) is 4.79 Å².